The van der Waals surface area contributed by atoms with Crippen molar-refractivity contribution in [1.82, 2.24) is 0 Å². The van der Waals surface area contributed by atoms with Crippen LogP contribution in [0.1, 0.15) is 22.8 Å². The van der Waals surface area contributed by atoms with Crippen LogP contribution in [-0.4, -0.2) is 11.8 Å². The van der Waals surface area contributed by atoms with Crippen molar-refractivity contribution in [2.24, 2.45) is 0 Å². The molecule has 0 aliphatic carbocycles. The standard InChI is InChI=1S/C16H15FN2O2/c1-10-6-7-12(8-15(10)17)16(21)19-14-5-3-4-13(9-14)18-11(2)20/h3-9H,1-2H3,(H,18,20)(H,19,21). The van der Waals surface area contributed by atoms with Crippen molar-refractivity contribution < 1.29 is 14.0 Å². The molecule has 0 fully saturated rings. The highest BCUT2D eigenvalue weighted by Gasteiger charge is 2.09. The second-order valence-electron chi connectivity index (χ2n) is 4.68. The van der Waals surface area contributed by atoms with Gasteiger partial charge in [-0.3, -0.25) is 9.59 Å². The van der Waals surface area contributed by atoms with Gasteiger partial charge in [-0.1, -0.05) is 12.1 Å². The average molecular weight is 286 g/mol. The maximum absolute atomic E-state index is 13.5. The number of carbonyl (C=O) groups is 2. The lowest BCUT2D eigenvalue weighted by atomic mass is 10.1. The lowest BCUT2D eigenvalue weighted by molar-refractivity contribution is -0.114. The first kappa shape index (κ1) is 14.7. The smallest absolute Gasteiger partial charge is 0.255 e. The average Bonchev–Trinajstić information content (AvgIpc) is 2.41. The first-order valence-electron chi connectivity index (χ1n) is 6.41. The fourth-order valence-corrected chi connectivity index (χ4v) is 1.82. The fourth-order valence-electron chi connectivity index (χ4n) is 1.82. The molecule has 2 aromatic carbocycles. The Morgan fingerprint density at radius 1 is 1.00 bits per heavy atom. The van der Waals surface area contributed by atoms with E-state index in [1.54, 1.807) is 43.3 Å². The molecule has 0 aromatic heterocycles. The number of hydrogen-bond acceptors (Lipinski definition) is 2. The van der Waals surface area contributed by atoms with Crippen molar-refractivity contribution in [2.75, 3.05) is 10.6 Å². The van der Waals surface area contributed by atoms with Crippen LogP contribution in [0.5, 0.6) is 0 Å². The summed E-state index contributed by atoms with van der Waals surface area (Å²) in [6.07, 6.45) is 0. The highest BCUT2D eigenvalue weighted by atomic mass is 19.1. The van der Waals surface area contributed by atoms with Crippen LogP contribution in [0.2, 0.25) is 0 Å². The molecular weight excluding hydrogens is 271 g/mol. The molecule has 0 heterocycles. The van der Waals surface area contributed by atoms with Crippen LogP contribution in [0, 0.1) is 12.7 Å². The zero-order chi connectivity index (χ0) is 15.4. The molecular formula is C16H15FN2O2. The van der Waals surface area contributed by atoms with E-state index in [0.29, 0.717) is 16.9 Å². The van der Waals surface area contributed by atoms with Gasteiger partial charge in [0.15, 0.2) is 0 Å². The molecule has 0 saturated heterocycles. The summed E-state index contributed by atoms with van der Waals surface area (Å²) in [4.78, 5) is 23.0. The van der Waals surface area contributed by atoms with Gasteiger partial charge in [0.05, 0.1) is 0 Å². The number of hydrogen-bond donors (Lipinski definition) is 2. The molecule has 108 valence electrons. The normalized spacial score (nSPS) is 10.0. The van der Waals surface area contributed by atoms with Crippen LogP contribution >= 0.6 is 0 Å². The second-order valence-corrected chi connectivity index (χ2v) is 4.68. The quantitative estimate of drug-likeness (QED) is 0.909. The zero-order valence-corrected chi connectivity index (χ0v) is 11.7. The number of carbonyl (C=O) groups excluding carboxylic acids is 2. The van der Waals surface area contributed by atoms with Crippen molar-refractivity contribution in [2.45, 2.75) is 13.8 Å². The molecule has 0 radical (unpaired) electrons. The van der Waals surface area contributed by atoms with Gasteiger partial charge in [0.2, 0.25) is 5.91 Å². The number of halogens is 1. The summed E-state index contributed by atoms with van der Waals surface area (Å²) >= 11 is 0. The minimum atomic E-state index is -0.422. The summed E-state index contributed by atoms with van der Waals surface area (Å²) in [7, 11) is 0. The number of anilines is 2. The van der Waals surface area contributed by atoms with Crippen LogP contribution in [0.25, 0.3) is 0 Å². The van der Waals surface area contributed by atoms with Gasteiger partial charge >= 0.3 is 0 Å². The number of rotatable bonds is 3. The first-order chi connectivity index (χ1) is 9.95. The van der Waals surface area contributed by atoms with E-state index in [0.717, 1.165) is 0 Å². The molecule has 2 rings (SSSR count). The molecule has 0 spiro atoms. The van der Waals surface area contributed by atoms with E-state index >= 15 is 0 Å². The van der Waals surface area contributed by atoms with Crippen LogP contribution in [0.4, 0.5) is 15.8 Å². The fraction of sp³-hybridized carbons (Fsp3) is 0.125. The SMILES string of the molecule is CC(=O)Nc1cccc(NC(=O)c2ccc(C)c(F)c2)c1. The van der Waals surface area contributed by atoms with E-state index < -0.39 is 11.7 Å². The monoisotopic (exact) mass is 286 g/mol. The third-order valence-electron chi connectivity index (χ3n) is 2.87. The third kappa shape index (κ3) is 3.89. The maximum atomic E-state index is 13.5. The van der Waals surface area contributed by atoms with E-state index in [-0.39, 0.29) is 11.5 Å². The molecule has 0 saturated carbocycles. The number of benzene rings is 2. The van der Waals surface area contributed by atoms with Crippen LogP contribution in [0.3, 0.4) is 0 Å². The zero-order valence-electron chi connectivity index (χ0n) is 11.7. The Balaban J connectivity index is 2.15. The minimum absolute atomic E-state index is 0.195. The topological polar surface area (TPSA) is 58.2 Å². The van der Waals surface area contributed by atoms with E-state index in [1.165, 1.54) is 13.0 Å². The molecule has 0 unspecified atom stereocenters. The Labute approximate surface area is 122 Å². The highest BCUT2D eigenvalue weighted by Crippen LogP contribution is 2.17. The van der Waals surface area contributed by atoms with Crippen molar-refractivity contribution in [3.05, 3.63) is 59.4 Å². The summed E-state index contributed by atoms with van der Waals surface area (Å²) < 4.78 is 13.5. The van der Waals surface area contributed by atoms with Crippen LogP contribution in [-0.2, 0) is 4.79 Å². The Morgan fingerprint density at radius 2 is 1.67 bits per heavy atom. The Kier molecular flexibility index (Phi) is 4.33. The van der Waals surface area contributed by atoms with E-state index in [9.17, 15) is 14.0 Å². The first-order valence-corrected chi connectivity index (χ1v) is 6.41. The van der Waals surface area contributed by atoms with E-state index in [1.807, 2.05) is 0 Å². The van der Waals surface area contributed by atoms with Crippen molar-refractivity contribution >= 4 is 23.2 Å². The molecule has 0 atom stereocenters. The summed E-state index contributed by atoms with van der Waals surface area (Å²) in [6.45, 7) is 3.04. The van der Waals surface area contributed by atoms with Gasteiger partial charge in [-0.15, -0.1) is 0 Å². The molecule has 0 aliphatic rings. The summed E-state index contributed by atoms with van der Waals surface area (Å²) in [5, 5.41) is 5.29. The van der Waals surface area contributed by atoms with Gasteiger partial charge in [-0.25, -0.2) is 4.39 Å². The molecule has 5 heteroatoms. The van der Waals surface area contributed by atoms with E-state index in [4.69, 9.17) is 0 Å². The highest BCUT2D eigenvalue weighted by molar-refractivity contribution is 6.04. The van der Waals surface area contributed by atoms with Gasteiger partial charge in [0, 0.05) is 23.9 Å². The Hall–Kier alpha value is -2.69. The molecule has 21 heavy (non-hydrogen) atoms. The summed E-state index contributed by atoms with van der Waals surface area (Å²) in [5.41, 5.74) is 1.82. The Bertz CT molecular complexity index is 698. The van der Waals surface area contributed by atoms with E-state index in [2.05, 4.69) is 10.6 Å². The lowest BCUT2D eigenvalue weighted by Crippen LogP contribution is -2.13. The number of aryl methyl sites for hydroxylation is 1. The van der Waals surface area contributed by atoms with Gasteiger partial charge in [0.25, 0.3) is 5.91 Å². The van der Waals surface area contributed by atoms with Crippen molar-refractivity contribution in [1.29, 1.82) is 0 Å². The summed E-state index contributed by atoms with van der Waals surface area (Å²) in [5.74, 6) is -1.03. The summed E-state index contributed by atoms with van der Waals surface area (Å²) in [6, 6.07) is 11.0. The largest absolute Gasteiger partial charge is 0.326 e. The number of nitrogens with one attached hydrogen (secondary N) is 2. The van der Waals surface area contributed by atoms with Gasteiger partial charge in [-0.05, 0) is 42.8 Å². The molecule has 0 bridgehead atoms. The molecule has 2 aromatic rings. The molecule has 2 amide bonds. The predicted molar refractivity (Wildman–Crippen MR) is 79.8 cm³/mol. The van der Waals surface area contributed by atoms with Gasteiger partial charge in [-0.2, -0.15) is 0 Å². The minimum Gasteiger partial charge on any atom is -0.326 e. The van der Waals surface area contributed by atoms with Crippen LogP contribution < -0.4 is 10.6 Å². The second kappa shape index (κ2) is 6.17. The lowest BCUT2D eigenvalue weighted by Gasteiger charge is -2.08. The van der Waals surface area contributed by atoms with Crippen molar-refractivity contribution in [3.8, 4) is 0 Å². The predicted octanol–water partition coefficient (Wildman–Crippen LogP) is 3.34. The van der Waals surface area contributed by atoms with Gasteiger partial charge < -0.3 is 10.6 Å². The molecule has 0 aliphatic heterocycles. The third-order valence-corrected chi connectivity index (χ3v) is 2.87. The van der Waals surface area contributed by atoms with Crippen LogP contribution in [0.15, 0.2) is 42.5 Å². The van der Waals surface area contributed by atoms with Gasteiger partial charge in [0.1, 0.15) is 5.82 Å². The van der Waals surface area contributed by atoms with Crippen molar-refractivity contribution in [3.63, 3.8) is 0 Å². The maximum Gasteiger partial charge on any atom is 0.255 e. The number of amides is 2. The Morgan fingerprint density at radius 3 is 2.29 bits per heavy atom. The molecule has 2 N–H and O–H groups in total. The molecule has 4 nitrogen and oxygen atoms in total.